The van der Waals surface area contributed by atoms with Gasteiger partial charge in [0.25, 0.3) is 0 Å². The van der Waals surface area contributed by atoms with Crippen molar-refractivity contribution >= 4 is 47.2 Å². The van der Waals surface area contributed by atoms with E-state index < -0.39 is 0 Å². The molecule has 2 saturated carbocycles. The summed E-state index contributed by atoms with van der Waals surface area (Å²) in [6.07, 6.45) is 4.19. The van der Waals surface area contributed by atoms with E-state index in [0.29, 0.717) is 13.3 Å². The summed E-state index contributed by atoms with van der Waals surface area (Å²) in [6, 6.07) is 0. The molecule has 4 amide bonds. The van der Waals surface area contributed by atoms with Gasteiger partial charge >= 0.3 is 0 Å². The van der Waals surface area contributed by atoms with Gasteiger partial charge in [0, 0.05) is 49.2 Å². The van der Waals surface area contributed by atoms with Crippen LogP contribution in [-0.2, 0) is 19.2 Å². The van der Waals surface area contributed by atoms with Crippen LogP contribution in [0.2, 0.25) is 0 Å². The van der Waals surface area contributed by atoms with Crippen molar-refractivity contribution in [2.75, 3.05) is 62.5 Å². The Balaban J connectivity index is 1.13. The summed E-state index contributed by atoms with van der Waals surface area (Å²) in [7, 11) is 0. The molecule has 6 fully saturated rings. The van der Waals surface area contributed by atoms with Crippen molar-refractivity contribution in [3.05, 3.63) is 12.2 Å². The Morgan fingerprint density at radius 1 is 0.588 bits per heavy atom. The van der Waals surface area contributed by atoms with Gasteiger partial charge in [-0.25, -0.2) is 0 Å². The number of fused-ring (bicyclic) bond motifs is 1. The van der Waals surface area contributed by atoms with Gasteiger partial charge in [0.05, 0.1) is 37.0 Å². The number of hydrogen-bond acceptors (Lipinski definition) is 8. The Kier molecular flexibility index (Phi) is 5.20. The van der Waals surface area contributed by atoms with Gasteiger partial charge in [-0.2, -0.15) is 23.5 Å². The summed E-state index contributed by atoms with van der Waals surface area (Å²) >= 11 is 3.81. The lowest BCUT2D eigenvalue weighted by Gasteiger charge is -2.60. The second-order valence-corrected chi connectivity index (χ2v) is 13.2. The van der Waals surface area contributed by atoms with Crippen LogP contribution in [-0.4, -0.2) is 106 Å². The van der Waals surface area contributed by atoms with E-state index in [2.05, 4.69) is 22.0 Å². The first-order valence-electron chi connectivity index (χ1n) is 12.6. The standard InChI is InChI=1S/C24H30N4O4S2/c29-21-17-13-1-2-14(18(17)22(30)27(21)11-25-3-7-33-8-4-25)16-15(13)19-20(16)24(32)28(23(19)31)12-26-5-9-34-10-6-26/h1-2,13-20H,3-12H2/t13-,14+,15-,16+,17-,18-,19+,20-/m0/s1. The molecule has 8 nitrogen and oxygen atoms in total. The zero-order chi connectivity index (χ0) is 23.1. The largest absolute Gasteiger partial charge is 0.284 e. The minimum atomic E-state index is -0.361. The molecule has 0 aromatic rings. The van der Waals surface area contributed by atoms with Gasteiger partial charge in [0.2, 0.25) is 23.6 Å². The molecule has 0 spiro atoms. The van der Waals surface area contributed by atoms with Crippen molar-refractivity contribution in [3.8, 4) is 0 Å². The van der Waals surface area contributed by atoms with Crippen LogP contribution in [0.4, 0.5) is 0 Å². The van der Waals surface area contributed by atoms with E-state index in [1.807, 2.05) is 23.5 Å². The predicted octanol–water partition coefficient (Wildman–Crippen LogP) is 0.263. The molecule has 182 valence electrons. The van der Waals surface area contributed by atoms with E-state index >= 15 is 0 Å². The maximum absolute atomic E-state index is 13.5. The predicted molar refractivity (Wildman–Crippen MR) is 128 cm³/mol. The van der Waals surface area contributed by atoms with Crippen LogP contribution in [0.15, 0.2) is 12.2 Å². The molecule has 2 bridgehead atoms. The fourth-order valence-electron chi connectivity index (χ4n) is 7.89. The van der Waals surface area contributed by atoms with Gasteiger partial charge in [-0.05, 0) is 23.7 Å². The SMILES string of the molecule is O=C1[C@@H]2[C@H](C(=O)N1CN1CCSCC1)[C@H]1[C@@H]3C=C[C@@H]([C@@H]4C(=O)N(CN5CCSCC5)C(=O)[C@@H]34)[C@@H]21. The van der Waals surface area contributed by atoms with Crippen LogP contribution < -0.4 is 0 Å². The highest BCUT2D eigenvalue weighted by Gasteiger charge is 2.75. The maximum atomic E-state index is 13.5. The third-order valence-corrected chi connectivity index (χ3v) is 11.3. The zero-order valence-corrected chi connectivity index (χ0v) is 20.7. The van der Waals surface area contributed by atoms with E-state index in [-0.39, 0.29) is 71.0 Å². The van der Waals surface area contributed by atoms with Crippen LogP contribution in [0.5, 0.6) is 0 Å². The lowest BCUT2D eigenvalue weighted by Crippen LogP contribution is -2.63. The minimum absolute atomic E-state index is 0.0164. The lowest BCUT2D eigenvalue weighted by atomic mass is 9.40. The summed E-state index contributed by atoms with van der Waals surface area (Å²) in [6.45, 7) is 4.36. The normalized spacial score (nSPS) is 43.9. The van der Waals surface area contributed by atoms with Gasteiger partial charge in [-0.1, -0.05) is 12.2 Å². The van der Waals surface area contributed by atoms with Gasteiger partial charge in [-0.3, -0.25) is 38.8 Å². The van der Waals surface area contributed by atoms with Crippen molar-refractivity contribution < 1.29 is 19.2 Å². The van der Waals surface area contributed by atoms with Crippen LogP contribution in [0.1, 0.15) is 0 Å². The highest BCUT2D eigenvalue weighted by molar-refractivity contribution is 7.99. The number of carbonyl (C=O) groups excluding carboxylic acids is 4. The number of allylic oxidation sites excluding steroid dienone is 2. The highest BCUT2D eigenvalue weighted by atomic mass is 32.2. The molecule has 8 aliphatic rings. The number of amides is 4. The Morgan fingerprint density at radius 3 is 1.32 bits per heavy atom. The molecule has 0 aromatic carbocycles. The summed E-state index contributed by atoms with van der Waals surface area (Å²) in [5, 5.41) is 0. The number of nitrogens with zero attached hydrogens (tertiary/aromatic N) is 4. The number of hydrogen-bond donors (Lipinski definition) is 0. The number of likely N-dealkylation sites (tertiary alicyclic amines) is 2. The number of thioether (sulfide) groups is 2. The molecule has 0 aromatic heterocycles. The van der Waals surface area contributed by atoms with Crippen molar-refractivity contribution in [2.24, 2.45) is 47.3 Å². The van der Waals surface area contributed by atoms with Gasteiger partial charge in [0.15, 0.2) is 0 Å². The van der Waals surface area contributed by atoms with Gasteiger partial charge < -0.3 is 0 Å². The molecule has 8 atom stereocenters. The molecular formula is C24H30N4O4S2. The quantitative estimate of drug-likeness (QED) is 0.400. The van der Waals surface area contributed by atoms with Crippen molar-refractivity contribution in [2.45, 2.75) is 0 Å². The number of carbonyl (C=O) groups is 4. The third-order valence-electron chi connectivity index (χ3n) is 9.42. The van der Waals surface area contributed by atoms with Crippen molar-refractivity contribution in [1.29, 1.82) is 0 Å². The first-order chi connectivity index (χ1) is 16.6. The molecule has 0 radical (unpaired) electrons. The Labute approximate surface area is 207 Å². The molecule has 4 heterocycles. The molecule has 0 N–H and O–H groups in total. The fourth-order valence-corrected chi connectivity index (χ4v) is 9.85. The van der Waals surface area contributed by atoms with E-state index in [9.17, 15) is 19.2 Å². The number of rotatable bonds is 4. The molecule has 4 aliphatic heterocycles. The van der Waals surface area contributed by atoms with Crippen LogP contribution >= 0.6 is 23.5 Å². The Bertz CT molecular complexity index is 922. The van der Waals surface area contributed by atoms with Crippen molar-refractivity contribution in [3.63, 3.8) is 0 Å². The molecule has 4 aliphatic carbocycles. The molecule has 34 heavy (non-hydrogen) atoms. The van der Waals surface area contributed by atoms with E-state index in [1.54, 1.807) is 0 Å². The molecule has 4 saturated heterocycles. The summed E-state index contributed by atoms with van der Waals surface area (Å²) < 4.78 is 0. The Morgan fingerprint density at radius 2 is 0.941 bits per heavy atom. The summed E-state index contributed by atoms with van der Waals surface area (Å²) in [5.41, 5.74) is 0. The first kappa shape index (κ1) is 21.9. The summed E-state index contributed by atoms with van der Waals surface area (Å²) in [5.74, 6) is 2.36. The zero-order valence-electron chi connectivity index (χ0n) is 19.1. The van der Waals surface area contributed by atoms with Crippen LogP contribution in [0.25, 0.3) is 0 Å². The third kappa shape index (κ3) is 2.94. The van der Waals surface area contributed by atoms with Crippen LogP contribution in [0, 0.1) is 47.3 Å². The molecule has 8 rings (SSSR count). The average molecular weight is 503 g/mol. The van der Waals surface area contributed by atoms with E-state index in [4.69, 9.17) is 0 Å². The maximum Gasteiger partial charge on any atom is 0.234 e. The average Bonchev–Trinajstić information content (AvgIpc) is 3.21. The van der Waals surface area contributed by atoms with Crippen molar-refractivity contribution in [1.82, 2.24) is 19.6 Å². The lowest BCUT2D eigenvalue weighted by molar-refractivity contribution is -0.166. The van der Waals surface area contributed by atoms with E-state index in [0.717, 1.165) is 49.2 Å². The second kappa shape index (κ2) is 8.08. The smallest absolute Gasteiger partial charge is 0.234 e. The summed E-state index contributed by atoms with van der Waals surface area (Å²) in [4.78, 5) is 61.3. The van der Waals surface area contributed by atoms with E-state index in [1.165, 1.54) is 9.80 Å². The molecule has 0 unspecified atom stereocenters. The Hall–Kier alpha value is -1.36. The first-order valence-corrected chi connectivity index (χ1v) is 14.9. The minimum Gasteiger partial charge on any atom is -0.284 e. The highest BCUT2D eigenvalue weighted by Crippen LogP contribution is 2.68. The molecule has 10 heteroatoms. The number of imide groups is 2. The fraction of sp³-hybridized carbons (Fsp3) is 0.750. The topological polar surface area (TPSA) is 81.2 Å². The second-order valence-electron chi connectivity index (χ2n) is 10.8. The molecular weight excluding hydrogens is 472 g/mol. The van der Waals surface area contributed by atoms with Crippen LogP contribution in [0.3, 0.4) is 0 Å². The van der Waals surface area contributed by atoms with Gasteiger partial charge in [0.1, 0.15) is 0 Å². The van der Waals surface area contributed by atoms with Gasteiger partial charge in [-0.15, -0.1) is 0 Å². The monoisotopic (exact) mass is 502 g/mol.